The number of likely N-dealkylation sites (tertiary alicyclic amines) is 1. The lowest BCUT2D eigenvalue weighted by molar-refractivity contribution is 0.183. The predicted octanol–water partition coefficient (Wildman–Crippen LogP) is 4.08. The molecule has 3 heteroatoms. The molecule has 2 nitrogen and oxygen atoms in total. The highest BCUT2D eigenvalue weighted by Gasteiger charge is 2.33. The molecule has 1 aromatic carbocycles. The van der Waals surface area contributed by atoms with Crippen LogP contribution in [-0.2, 0) is 6.54 Å². The molecule has 0 radical (unpaired) electrons. The molecule has 2 N–H and O–H groups in total. The number of nitrogens with zero attached hydrogens (tertiary/aromatic N) is 1. The molecule has 0 aromatic heterocycles. The smallest absolute Gasteiger partial charge is 0.0471 e. The van der Waals surface area contributed by atoms with Crippen molar-refractivity contribution < 1.29 is 0 Å². The summed E-state index contributed by atoms with van der Waals surface area (Å²) in [6, 6.07) is 6.60. The molecule has 1 aliphatic heterocycles. The minimum Gasteiger partial charge on any atom is -0.398 e. The van der Waals surface area contributed by atoms with Crippen LogP contribution in [0.5, 0.6) is 0 Å². The lowest BCUT2D eigenvalue weighted by Gasteiger charge is -2.30. The number of hydrogen-bond donors (Lipinski definition) is 1. The molecule has 1 aliphatic carbocycles. The molecule has 1 atom stereocenters. The van der Waals surface area contributed by atoms with E-state index in [0.29, 0.717) is 0 Å². The van der Waals surface area contributed by atoms with Gasteiger partial charge in [-0.05, 0) is 50.3 Å². The van der Waals surface area contributed by atoms with Crippen molar-refractivity contribution in [3.63, 3.8) is 0 Å². The maximum atomic E-state index is 6.31. The zero-order valence-corrected chi connectivity index (χ0v) is 12.2. The summed E-state index contributed by atoms with van der Waals surface area (Å²) in [7, 11) is 0. The first-order valence-corrected chi connectivity index (χ1v) is 7.90. The van der Waals surface area contributed by atoms with E-state index in [0.717, 1.165) is 34.8 Å². The Bertz CT molecular complexity index is 420. The number of anilines is 1. The predicted molar refractivity (Wildman–Crippen MR) is 81.3 cm³/mol. The molecule has 104 valence electrons. The fraction of sp³-hybridized carbons (Fsp3) is 0.625. The van der Waals surface area contributed by atoms with Gasteiger partial charge in [0, 0.05) is 28.9 Å². The number of hydrogen-bond acceptors (Lipinski definition) is 2. The highest BCUT2D eigenvalue weighted by Crippen LogP contribution is 2.37. The van der Waals surface area contributed by atoms with E-state index in [2.05, 4.69) is 4.90 Å². The van der Waals surface area contributed by atoms with Gasteiger partial charge in [-0.1, -0.05) is 30.5 Å². The third kappa shape index (κ3) is 2.75. The summed E-state index contributed by atoms with van der Waals surface area (Å²) in [5.74, 6) is 0.909. The van der Waals surface area contributed by atoms with Crippen LogP contribution in [0.1, 0.15) is 44.1 Å². The Morgan fingerprint density at radius 3 is 2.68 bits per heavy atom. The molecule has 1 aromatic rings. The first kappa shape index (κ1) is 13.3. The minimum atomic E-state index is 0.762. The van der Waals surface area contributed by atoms with Crippen molar-refractivity contribution in [1.29, 1.82) is 0 Å². The normalized spacial score (nSPS) is 25.2. The van der Waals surface area contributed by atoms with Gasteiger partial charge in [0.1, 0.15) is 0 Å². The fourth-order valence-electron chi connectivity index (χ4n) is 3.87. The van der Waals surface area contributed by atoms with E-state index >= 15 is 0 Å². The van der Waals surface area contributed by atoms with Crippen LogP contribution in [0.3, 0.4) is 0 Å². The Labute approximate surface area is 120 Å². The van der Waals surface area contributed by atoms with Crippen molar-refractivity contribution in [2.75, 3.05) is 12.3 Å². The van der Waals surface area contributed by atoms with Crippen molar-refractivity contribution in [2.24, 2.45) is 5.92 Å². The molecule has 1 unspecified atom stereocenters. The highest BCUT2D eigenvalue weighted by atomic mass is 35.5. The van der Waals surface area contributed by atoms with E-state index in [9.17, 15) is 0 Å². The quantitative estimate of drug-likeness (QED) is 0.844. The summed E-state index contributed by atoms with van der Waals surface area (Å²) in [4.78, 5) is 2.62. The summed E-state index contributed by atoms with van der Waals surface area (Å²) < 4.78 is 0. The second kappa shape index (κ2) is 5.72. The first-order chi connectivity index (χ1) is 9.25. The molecule has 1 saturated heterocycles. The highest BCUT2D eigenvalue weighted by molar-refractivity contribution is 6.31. The molecule has 0 spiro atoms. The third-order valence-electron chi connectivity index (χ3n) is 4.87. The maximum absolute atomic E-state index is 6.31. The van der Waals surface area contributed by atoms with Crippen LogP contribution in [0, 0.1) is 5.92 Å². The van der Waals surface area contributed by atoms with Crippen molar-refractivity contribution in [1.82, 2.24) is 4.90 Å². The van der Waals surface area contributed by atoms with Crippen LogP contribution in [0.4, 0.5) is 5.69 Å². The topological polar surface area (TPSA) is 29.3 Å². The molecule has 1 saturated carbocycles. The Morgan fingerprint density at radius 1 is 1.16 bits per heavy atom. The number of nitrogens with two attached hydrogens (primary N) is 1. The summed E-state index contributed by atoms with van der Waals surface area (Å²) in [5, 5.41) is 0.817. The lowest BCUT2D eigenvalue weighted by atomic mass is 9.95. The molecule has 1 heterocycles. The number of benzene rings is 1. The van der Waals surface area contributed by atoms with E-state index in [1.54, 1.807) is 0 Å². The van der Waals surface area contributed by atoms with Crippen LogP contribution in [0.2, 0.25) is 5.02 Å². The van der Waals surface area contributed by atoms with Gasteiger partial charge in [-0.3, -0.25) is 4.90 Å². The average Bonchev–Trinajstić information content (AvgIpc) is 3.04. The van der Waals surface area contributed by atoms with E-state index in [-0.39, 0.29) is 0 Å². The van der Waals surface area contributed by atoms with Gasteiger partial charge in [-0.15, -0.1) is 0 Å². The van der Waals surface area contributed by atoms with E-state index in [1.165, 1.54) is 45.1 Å². The van der Waals surface area contributed by atoms with Crippen LogP contribution in [0.15, 0.2) is 18.2 Å². The lowest BCUT2D eigenvalue weighted by Crippen LogP contribution is -2.34. The second-order valence-electron chi connectivity index (χ2n) is 6.03. The summed E-state index contributed by atoms with van der Waals surface area (Å²) in [5.41, 5.74) is 8.04. The van der Waals surface area contributed by atoms with Gasteiger partial charge in [-0.2, -0.15) is 0 Å². The molecule has 0 amide bonds. The molecule has 19 heavy (non-hydrogen) atoms. The monoisotopic (exact) mass is 278 g/mol. The van der Waals surface area contributed by atoms with Gasteiger partial charge in [-0.25, -0.2) is 0 Å². The Morgan fingerprint density at radius 2 is 1.95 bits per heavy atom. The summed E-state index contributed by atoms with van der Waals surface area (Å²) >= 11 is 6.31. The average molecular weight is 279 g/mol. The van der Waals surface area contributed by atoms with Crippen molar-refractivity contribution in [3.8, 4) is 0 Å². The Balaban J connectivity index is 1.74. The third-order valence-corrected chi connectivity index (χ3v) is 5.23. The fourth-order valence-corrected chi connectivity index (χ4v) is 4.11. The van der Waals surface area contributed by atoms with Gasteiger partial charge in [0.2, 0.25) is 0 Å². The zero-order chi connectivity index (χ0) is 13.2. The van der Waals surface area contributed by atoms with E-state index in [1.807, 2.05) is 18.2 Å². The number of halogens is 1. The summed E-state index contributed by atoms with van der Waals surface area (Å²) in [6.07, 6.45) is 8.35. The van der Waals surface area contributed by atoms with Crippen LogP contribution < -0.4 is 5.73 Å². The van der Waals surface area contributed by atoms with Crippen LogP contribution in [-0.4, -0.2) is 17.5 Å². The van der Waals surface area contributed by atoms with Crippen LogP contribution >= 0.6 is 11.6 Å². The van der Waals surface area contributed by atoms with E-state index < -0.39 is 0 Å². The van der Waals surface area contributed by atoms with Gasteiger partial charge in [0.15, 0.2) is 0 Å². The van der Waals surface area contributed by atoms with Gasteiger partial charge in [0.25, 0.3) is 0 Å². The summed E-state index contributed by atoms with van der Waals surface area (Å²) in [6.45, 7) is 2.12. The molecular formula is C16H23ClN2. The molecule has 2 fully saturated rings. The Hall–Kier alpha value is -0.730. The van der Waals surface area contributed by atoms with Crippen molar-refractivity contribution in [2.45, 2.75) is 51.1 Å². The van der Waals surface area contributed by atoms with Gasteiger partial charge in [0.05, 0.1) is 0 Å². The van der Waals surface area contributed by atoms with Crippen LogP contribution in [0.25, 0.3) is 0 Å². The van der Waals surface area contributed by atoms with Crippen molar-refractivity contribution >= 4 is 17.3 Å². The molecule has 2 aliphatic rings. The maximum Gasteiger partial charge on any atom is 0.0471 e. The minimum absolute atomic E-state index is 0.762. The van der Waals surface area contributed by atoms with E-state index in [4.69, 9.17) is 17.3 Å². The molecule has 3 rings (SSSR count). The van der Waals surface area contributed by atoms with Crippen molar-refractivity contribution in [3.05, 3.63) is 28.8 Å². The number of rotatable bonds is 3. The molecule has 0 bridgehead atoms. The first-order valence-electron chi connectivity index (χ1n) is 7.52. The number of nitrogen functional groups attached to an aromatic ring is 1. The zero-order valence-electron chi connectivity index (χ0n) is 11.4. The van der Waals surface area contributed by atoms with Gasteiger partial charge < -0.3 is 5.73 Å². The second-order valence-corrected chi connectivity index (χ2v) is 6.44. The molecular weight excluding hydrogens is 256 g/mol. The van der Waals surface area contributed by atoms with Gasteiger partial charge >= 0.3 is 0 Å². The SMILES string of the molecule is Nc1cccc(Cl)c1CN1CCCC1C1CCCC1. The Kier molecular flexibility index (Phi) is 3.99. The standard InChI is InChI=1S/C16H23ClN2/c17-14-7-3-8-15(18)13(14)11-19-10-4-9-16(19)12-5-1-2-6-12/h3,7-8,12,16H,1-2,4-6,9-11,18H2. The largest absolute Gasteiger partial charge is 0.398 e.